The van der Waals surface area contributed by atoms with Crippen LogP contribution >= 0.6 is 11.6 Å². The number of nitrogens with one attached hydrogen (secondary N) is 1. The number of carbonyl (C=O) groups is 3. The average Bonchev–Trinajstić information content (AvgIpc) is 3.42. The third kappa shape index (κ3) is 3.61. The number of rotatable bonds is 4. The minimum atomic E-state index is -0.495. The summed E-state index contributed by atoms with van der Waals surface area (Å²) in [6.07, 6.45) is 3.53. The summed E-state index contributed by atoms with van der Waals surface area (Å²) >= 11 is 5.90. The summed E-state index contributed by atoms with van der Waals surface area (Å²) in [4.78, 5) is 46.1. The number of halogens is 1. The van der Waals surface area contributed by atoms with Gasteiger partial charge >= 0.3 is 0 Å². The molecule has 3 saturated heterocycles. The van der Waals surface area contributed by atoms with Crippen LogP contribution in [-0.4, -0.2) is 63.7 Å². The molecule has 0 radical (unpaired) electrons. The van der Waals surface area contributed by atoms with Gasteiger partial charge in [-0.25, -0.2) is 4.98 Å². The standard InChI is InChI=1S/C22H21ClN4O4/c23-13-5-7-15(8-6-13)31-20-16(3-1-9-24-20)19(28)25-14-11-18-22(30)26-10-2-4-17(26)21(29)27(18)12-14/h1,3,5-9,14,17-18H,2,4,10-12H2,(H,25,28)/t14-,17-,18-/m0/s1. The van der Waals surface area contributed by atoms with Crippen LogP contribution < -0.4 is 10.1 Å². The molecule has 1 aromatic heterocycles. The lowest BCUT2D eigenvalue weighted by Crippen LogP contribution is -2.60. The molecule has 1 aromatic carbocycles. The van der Waals surface area contributed by atoms with Gasteiger partial charge in [-0.05, 0) is 55.7 Å². The molecule has 0 bridgehead atoms. The van der Waals surface area contributed by atoms with E-state index < -0.39 is 6.04 Å². The Morgan fingerprint density at radius 3 is 2.68 bits per heavy atom. The van der Waals surface area contributed by atoms with Gasteiger partial charge in [-0.1, -0.05) is 11.6 Å². The molecule has 3 atom stereocenters. The number of nitrogens with zero attached hydrogens (tertiary/aromatic N) is 3. The number of carbonyl (C=O) groups excluding carboxylic acids is 3. The van der Waals surface area contributed by atoms with Gasteiger partial charge in [0.2, 0.25) is 17.7 Å². The van der Waals surface area contributed by atoms with Crippen molar-refractivity contribution in [1.29, 1.82) is 0 Å². The van der Waals surface area contributed by atoms with Crippen LogP contribution in [0.3, 0.4) is 0 Å². The van der Waals surface area contributed by atoms with Crippen LogP contribution in [0.4, 0.5) is 0 Å². The van der Waals surface area contributed by atoms with Crippen LogP contribution in [0.1, 0.15) is 29.6 Å². The van der Waals surface area contributed by atoms with Gasteiger partial charge in [0.25, 0.3) is 5.91 Å². The molecule has 9 heteroatoms. The third-order valence-corrected chi connectivity index (χ3v) is 6.32. The van der Waals surface area contributed by atoms with Gasteiger partial charge in [0.15, 0.2) is 0 Å². The Labute approximate surface area is 184 Å². The Hall–Kier alpha value is -3.13. The summed E-state index contributed by atoms with van der Waals surface area (Å²) in [5.74, 6) is 0.305. The first-order valence-corrected chi connectivity index (χ1v) is 10.7. The minimum Gasteiger partial charge on any atom is -0.438 e. The fraction of sp³-hybridized carbons (Fsp3) is 0.364. The van der Waals surface area contributed by atoms with Crippen LogP contribution in [0, 0.1) is 0 Å². The first-order valence-electron chi connectivity index (χ1n) is 10.3. The zero-order chi connectivity index (χ0) is 21.5. The van der Waals surface area contributed by atoms with Crippen molar-refractivity contribution in [2.24, 2.45) is 0 Å². The number of piperazine rings is 1. The molecule has 160 valence electrons. The van der Waals surface area contributed by atoms with Crippen molar-refractivity contribution >= 4 is 29.3 Å². The van der Waals surface area contributed by atoms with Crippen molar-refractivity contribution in [3.05, 3.63) is 53.2 Å². The van der Waals surface area contributed by atoms with E-state index in [-0.39, 0.29) is 41.2 Å². The molecule has 1 N–H and O–H groups in total. The Morgan fingerprint density at radius 2 is 1.87 bits per heavy atom. The SMILES string of the molecule is O=C(N[C@H]1C[C@H]2C(=O)N3CCC[C@H]3C(=O)N2C1)c1cccnc1Oc1ccc(Cl)cc1. The molecule has 3 aliphatic rings. The Bertz CT molecular complexity index is 1010. The topological polar surface area (TPSA) is 91.8 Å². The molecular weight excluding hydrogens is 420 g/mol. The monoisotopic (exact) mass is 440 g/mol. The highest BCUT2D eigenvalue weighted by atomic mass is 35.5. The predicted octanol–water partition coefficient (Wildman–Crippen LogP) is 2.23. The minimum absolute atomic E-state index is 0.00742. The summed E-state index contributed by atoms with van der Waals surface area (Å²) in [5, 5.41) is 3.53. The normalized spacial score (nSPS) is 24.7. The zero-order valence-electron chi connectivity index (χ0n) is 16.7. The van der Waals surface area contributed by atoms with E-state index in [1.54, 1.807) is 52.4 Å². The number of aromatic nitrogens is 1. The fourth-order valence-electron chi connectivity index (χ4n) is 4.61. The number of amides is 3. The molecule has 5 rings (SSSR count). The second-order valence-corrected chi connectivity index (χ2v) is 8.45. The van der Waals surface area contributed by atoms with Gasteiger partial charge in [0.05, 0.1) is 0 Å². The molecule has 3 fully saturated rings. The molecule has 0 saturated carbocycles. The zero-order valence-corrected chi connectivity index (χ0v) is 17.4. The van der Waals surface area contributed by atoms with E-state index in [4.69, 9.17) is 16.3 Å². The fourth-order valence-corrected chi connectivity index (χ4v) is 4.74. The maximum Gasteiger partial charge on any atom is 0.257 e. The van der Waals surface area contributed by atoms with E-state index >= 15 is 0 Å². The lowest BCUT2D eigenvalue weighted by molar-refractivity contribution is -0.156. The third-order valence-electron chi connectivity index (χ3n) is 6.07. The van der Waals surface area contributed by atoms with E-state index in [0.29, 0.717) is 36.7 Å². The smallest absolute Gasteiger partial charge is 0.257 e. The van der Waals surface area contributed by atoms with Crippen LogP contribution in [0.2, 0.25) is 5.02 Å². The van der Waals surface area contributed by atoms with Gasteiger partial charge in [0.1, 0.15) is 23.4 Å². The van der Waals surface area contributed by atoms with Crippen molar-refractivity contribution in [3.8, 4) is 11.6 Å². The number of ether oxygens (including phenoxy) is 1. The quantitative estimate of drug-likeness (QED) is 0.787. The number of fused-ring (bicyclic) bond motifs is 2. The summed E-state index contributed by atoms with van der Waals surface area (Å²) in [6, 6.07) is 8.90. The molecule has 2 aromatic rings. The van der Waals surface area contributed by atoms with Gasteiger partial charge in [-0.2, -0.15) is 0 Å². The van der Waals surface area contributed by atoms with Crippen LogP contribution in [0.5, 0.6) is 11.6 Å². The lowest BCUT2D eigenvalue weighted by atomic mass is 10.1. The molecule has 0 unspecified atom stereocenters. The van der Waals surface area contributed by atoms with Crippen LogP contribution in [0.25, 0.3) is 0 Å². The number of pyridine rings is 1. The highest BCUT2D eigenvalue weighted by Crippen LogP contribution is 2.32. The molecule has 3 aliphatic heterocycles. The number of hydrogen-bond acceptors (Lipinski definition) is 5. The van der Waals surface area contributed by atoms with Crippen molar-refractivity contribution in [2.45, 2.75) is 37.4 Å². The molecule has 0 spiro atoms. The van der Waals surface area contributed by atoms with E-state index in [0.717, 1.165) is 6.42 Å². The molecule has 3 amide bonds. The molecular formula is C22H21ClN4O4. The van der Waals surface area contributed by atoms with Crippen molar-refractivity contribution in [2.75, 3.05) is 13.1 Å². The van der Waals surface area contributed by atoms with Crippen molar-refractivity contribution in [1.82, 2.24) is 20.1 Å². The highest BCUT2D eigenvalue weighted by Gasteiger charge is 2.51. The van der Waals surface area contributed by atoms with Crippen LogP contribution in [-0.2, 0) is 9.59 Å². The molecule has 4 heterocycles. The number of hydrogen-bond donors (Lipinski definition) is 1. The van der Waals surface area contributed by atoms with Crippen molar-refractivity contribution in [3.63, 3.8) is 0 Å². The molecule has 31 heavy (non-hydrogen) atoms. The first-order chi connectivity index (χ1) is 15.0. The number of benzene rings is 1. The predicted molar refractivity (Wildman–Crippen MR) is 112 cm³/mol. The van der Waals surface area contributed by atoms with Gasteiger partial charge in [-0.3, -0.25) is 14.4 Å². The van der Waals surface area contributed by atoms with E-state index in [9.17, 15) is 14.4 Å². The summed E-state index contributed by atoms with van der Waals surface area (Å²) in [7, 11) is 0. The van der Waals surface area contributed by atoms with Crippen LogP contribution in [0.15, 0.2) is 42.6 Å². The maximum atomic E-state index is 13.0. The molecule has 0 aliphatic carbocycles. The largest absolute Gasteiger partial charge is 0.438 e. The van der Waals surface area contributed by atoms with E-state index in [1.807, 2.05) is 0 Å². The second-order valence-electron chi connectivity index (χ2n) is 8.01. The van der Waals surface area contributed by atoms with Crippen molar-refractivity contribution < 1.29 is 19.1 Å². The van der Waals surface area contributed by atoms with Gasteiger partial charge < -0.3 is 19.9 Å². The van der Waals surface area contributed by atoms with E-state index in [2.05, 4.69) is 10.3 Å². The van der Waals surface area contributed by atoms with Gasteiger partial charge in [0, 0.05) is 30.4 Å². The Balaban J connectivity index is 1.30. The Morgan fingerprint density at radius 1 is 1.10 bits per heavy atom. The summed E-state index contributed by atoms with van der Waals surface area (Å²) in [5.41, 5.74) is 0.278. The summed E-state index contributed by atoms with van der Waals surface area (Å²) < 4.78 is 5.77. The first kappa shape index (κ1) is 19.8. The highest BCUT2D eigenvalue weighted by molar-refractivity contribution is 6.30. The average molecular weight is 441 g/mol. The molecule has 8 nitrogen and oxygen atoms in total. The summed E-state index contributed by atoms with van der Waals surface area (Å²) in [6.45, 7) is 0.969. The lowest BCUT2D eigenvalue weighted by Gasteiger charge is -2.38. The van der Waals surface area contributed by atoms with E-state index in [1.165, 1.54) is 0 Å². The second kappa shape index (κ2) is 7.85. The van der Waals surface area contributed by atoms with Gasteiger partial charge in [-0.15, -0.1) is 0 Å². The Kier molecular flexibility index (Phi) is 5.02. The maximum absolute atomic E-state index is 13.0.